The van der Waals surface area contributed by atoms with Gasteiger partial charge in [0.2, 0.25) is 10.0 Å². The summed E-state index contributed by atoms with van der Waals surface area (Å²) in [5, 5.41) is 15.5. The van der Waals surface area contributed by atoms with Crippen molar-refractivity contribution in [3.8, 4) is 0 Å². The molecule has 2 aromatic rings. The Morgan fingerprint density at radius 1 is 0.900 bits per heavy atom. The molecule has 8 nitrogen and oxygen atoms in total. The molecule has 0 unspecified atom stereocenters. The lowest BCUT2D eigenvalue weighted by Crippen LogP contribution is -2.48. The third kappa shape index (κ3) is 6.77. The highest BCUT2D eigenvalue weighted by atomic mass is 35.5. The Morgan fingerprint density at radius 2 is 1.40 bits per heavy atom. The molecule has 2 N–H and O–H groups in total. The maximum absolute atomic E-state index is 13.0. The Labute approximate surface area is 178 Å². The van der Waals surface area contributed by atoms with Gasteiger partial charge < -0.3 is 10.2 Å². The van der Waals surface area contributed by atoms with Gasteiger partial charge in [0.05, 0.1) is 4.90 Å². The Bertz CT molecular complexity index is 963. The second-order valence-electron chi connectivity index (χ2n) is 6.37. The van der Waals surface area contributed by atoms with Crippen LogP contribution >= 0.6 is 11.6 Å². The predicted molar refractivity (Wildman–Crippen MR) is 107 cm³/mol. The number of halogens is 2. The molecule has 0 bridgehead atoms. The number of nitrogens with zero attached hydrogens (tertiary/aromatic N) is 2. The van der Waals surface area contributed by atoms with Gasteiger partial charge in [0.1, 0.15) is 5.82 Å². The zero-order valence-electron chi connectivity index (χ0n) is 15.7. The topological polar surface area (TPSA) is 115 Å². The van der Waals surface area contributed by atoms with Gasteiger partial charge in [0, 0.05) is 37.7 Å². The van der Waals surface area contributed by atoms with Gasteiger partial charge in [0.25, 0.3) is 0 Å². The molecule has 0 spiro atoms. The summed E-state index contributed by atoms with van der Waals surface area (Å²) in [5.41, 5.74) is 1.15. The Balaban J connectivity index is 0.000000469. The molecule has 1 fully saturated rings. The van der Waals surface area contributed by atoms with Crippen molar-refractivity contribution in [3.63, 3.8) is 0 Å². The fraction of sp³-hybridized carbons (Fsp3) is 0.263. The number of carbonyl (C=O) groups is 2. The summed E-state index contributed by atoms with van der Waals surface area (Å²) in [6.45, 7) is 2.92. The van der Waals surface area contributed by atoms with Crippen LogP contribution in [0, 0.1) is 5.82 Å². The van der Waals surface area contributed by atoms with Gasteiger partial charge >= 0.3 is 11.9 Å². The molecule has 3 rings (SSSR count). The second-order valence-corrected chi connectivity index (χ2v) is 8.75. The molecule has 11 heteroatoms. The van der Waals surface area contributed by atoms with Crippen molar-refractivity contribution in [2.45, 2.75) is 11.4 Å². The van der Waals surface area contributed by atoms with E-state index >= 15 is 0 Å². The van der Waals surface area contributed by atoms with Crippen molar-refractivity contribution >= 4 is 33.6 Å². The molecule has 1 aliphatic rings. The Morgan fingerprint density at radius 3 is 1.87 bits per heavy atom. The molecular weight excluding hydrogens is 439 g/mol. The van der Waals surface area contributed by atoms with Crippen LogP contribution in [-0.2, 0) is 26.2 Å². The van der Waals surface area contributed by atoms with E-state index in [1.54, 1.807) is 0 Å². The first kappa shape index (κ1) is 23.7. The van der Waals surface area contributed by atoms with E-state index in [9.17, 15) is 12.8 Å². The van der Waals surface area contributed by atoms with Crippen LogP contribution in [0.15, 0.2) is 53.4 Å². The van der Waals surface area contributed by atoms with Crippen molar-refractivity contribution in [3.05, 3.63) is 64.9 Å². The molecule has 0 atom stereocenters. The van der Waals surface area contributed by atoms with Gasteiger partial charge in [-0.1, -0.05) is 23.7 Å². The summed E-state index contributed by atoms with van der Waals surface area (Å²) in [4.78, 5) is 20.5. The van der Waals surface area contributed by atoms with E-state index in [2.05, 4.69) is 4.90 Å². The van der Waals surface area contributed by atoms with Gasteiger partial charge in [-0.15, -0.1) is 0 Å². The van der Waals surface area contributed by atoms with E-state index in [-0.39, 0.29) is 4.90 Å². The summed E-state index contributed by atoms with van der Waals surface area (Å²) >= 11 is 5.88. The highest BCUT2D eigenvalue weighted by Gasteiger charge is 2.28. The minimum Gasteiger partial charge on any atom is -0.473 e. The van der Waals surface area contributed by atoms with Crippen LogP contribution in [0.2, 0.25) is 5.02 Å². The monoisotopic (exact) mass is 458 g/mol. The first-order valence-electron chi connectivity index (χ1n) is 8.78. The number of carboxylic acid groups (broad SMARTS) is 2. The number of piperazine rings is 1. The minimum atomic E-state index is -3.56. The van der Waals surface area contributed by atoms with E-state index in [4.69, 9.17) is 31.4 Å². The standard InChI is InChI=1S/C17H18ClFN2O2S.C2H2O4/c18-15-3-1-14(2-4-15)13-20-9-11-21(12-10-20)24(22,23)17-7-5-16(19)6-8-17;3-1(4)2(5)6/h1-8H,9-13H2;(H,3,4)(H,5,6). The number of hydrogen-bond acceptors (Lipinski definition) is 5. The highest BCUT2D eigenvalue weighted by molar-refractivity contribution is 7.89. The van der Waals surface area contributed by atoms with Crippen LogP contribution in [0.3, 0.4) is 0 Å². The normalized spacial score (nSPS) is 15.1. The number of aliphatic carboxylic acids is 2. The highest BCUT2D eigenvalue weighted by Crippen LogP contribution is 2.19. The number of sulfonamides is 1. The predicted octanol–water partition coefficient (Wildman–Crippen LogP) is 2.14. The fourth-order valence-corrected chi connectivity index (χ4v) is 4.28. The van der Waals surface area contributed by atoms with Gasteiger partial charge in [-0.25, -0.2) is 22.4 Å². The second kappa shape index (κ2) is 10.5. The summed E-state index contributed by atoms with van der Waals surface area (Å²) in [6.07, 6.45) is 0. The lowest BCUT2D eigenvalue weighted by atomic mass is 10.2. The molecule has 2 aromatic carbocycles. The zero-order chi connectivity index (χ0) is 22.3. The molecule has 0 aliphatic carbocycles. The van der Waals surface area contributed by atoms with Crippen molar-refractivity contribution in [2.75, 3.05) is 26.2 Å². The third-order valence-corrected chi connectivity index (χ3v) is 6.45. The SMILES string of the molecule is O=C(O)C(=O)O.O=S(=O)(c1ccc(F)cc1)N1CCN(Cc2ccc(Cl)cc2)CC1. The lowest BCUT2D eigenvalue weighted by Gasteiger charge is -2.34. The quantitative estimate of drug-likeness (QED) is 0.674. The Kier molecular flexibility index (Phi) is 8.30. The number of carboxylic acids is 2. The van der Waals surface area contributed by atoms with Crippen molar-refractivity contribution in [1.29, 1.82) is 0 Å². The van der Waals surface area contributed by atoms with E-state index in [0.717, 1.165) is 12.1 Å². The van der Waals surface area contributed by atoms with Crippen molar-refractivity contribution in [2.24, 2.45) is 0 Å². The minimum absolute atomic E-state index is 0.134. The first-order chi connectivity index (χ1) is 14.1. The van der Waals surface area contributed by atoms with Crippen LogP contribution < -0.4 is 0 Å². The Hall–Kier alpha value is -2.53. The summed E-state index contributed by atoms with van der Waals surface area (Å²) in [7, 11) is -3.56. The van der Waals surface area contributed by atoms with Gasteiger partial charge in [-0.05, 0) is 42.0 Å². The maximum Gasteiger partial charge on any atom is 0.414 e. The molecule has 1 aliphatic heterocycles. The first-order valence-corrected chi connectivity index (χ1v) is 10.6. The number of benzene rings is 2. The molecule has 0 radical (unpaired) electrons. The van der Waals surface area contributed by atoms with Crippen LogP contribution in [0.1, 0.15) is 5.56 Å². The van der Waals surface area contributed by atoms with Crippen molar-refractivity contribution < 1.29 is 32.6 Å². The molecule has 30 heavy (non-hydrogen) atoms. The smallest absolute Gasteiger partial charge is 0.414 e. The van der Waals surface area contributed by atoms with E-state index in [1.807, 2.05) is 24.3 Å². The van der Waals surface area contributed by atoms with E-state index < -0.39 is 27.8 Å². The van der Waals surface area contributed by atoms with Gasteiger partial charge in [-0.3, -0.25) is 4.90 Å². The third-order valence-electron chi connectivity index (χ3n) is 4.29. The molecule has 0 amide bonds. The zero-order valence-corrected chi connectivity index (χ0v) is 17.3. The molecule has 0 aromatic heterocycles. The van der Waals surface area contributed by atoms with Crippen LogP contribution in [-0.4, -0.2) is 66.0 Å². The van der Waals surface area contributed by atoms with E-state index in [0.29, 0.717) is 31.2 Å². The number of rotatable bonds is 4. The average Bonchev–Trinajstić information content (AvgIpc) is 2.71. The summed E-state index contributed by atoms with van der Waals surface area (Å²) < 4.78 is 39.6. The maximum atomic E-state index is 13.0. The van der Waals surface area contributed by atoms with Crippen molar-refractivity contribution in [1.82, 2.24) is 9.21 Å². The largest absolute Gasteiger partial charge is 0.473 e. The van der Waals surface area contributed by atoms with Crippen LogP contribution in [0.5, 0.6) is 0 Å². The molecule has 1 saturated heterocycles. The summed E-state index contributed by atoms with van der Waals surface area (Å²) in [5.74, 6) is -4.09. The van der Waals surface area contributed by atoms with Crippen LogP contribution in [0.25, 0.3) is 0 Å². The molecule has 162 valence electrons. The fourth-order valence-electron chi connectivity index (χ4n) is 2.73. The lowest BCUT2D eigenvalue weighted by molar-refractivity contribution is -0.159. The summed E-state index contributed by atoms with van der Waals surface area (Å²) in [6, 6.07) is 12.6. The number of hydrogen-bond donors (Lipinski definition) is 2. The van der Waals surface area contributed by atoms with E-state index in [1.165, 1.54) is 28.6 Å². The van der Waals surface area contributed by atoms with Gasteiger partial charge in [0.15, 0.2) is 0 Å². The van der Waals surface area contributed by atoms with Crippen LogP contribution in [0.4, 0.5) is 4.39 Å². The molecule has 0 saturated carbocycles. The molecular formula is C19H20ClFN2O6S. The average molecular weight is 459 g/mol. The molecule has 1 heterocycles. The van der Waals surface area contributed by atoms with Gasteiger partial charge in [-0.2, -0.15) is 4.31 Å².